The van der Waals surface area contributed by atoms with Gasteiger partial charge in [0.05, 0.1) is 0 Å². The summed E-state index contributed by atoms with van der Waals surface area (Å²) in [5.74, 6) is 0. The maximum absolute atomic E-state index is 11.9. The summed E-state index contributed by atoms with van der Waals surface area (Å²) in [6.07, 6.45) is 0. The molecule has 5 heteroatoms. The maximum atomic E-state index is 11.9. The summed E-state index contributed by atoms with van der Waals surface area (Å²) < 4.78 is 0. The Morgan fingerprint density at radius 3 is 2.44 bits per heavy atom. The molecule has 0 saturated carbocycles. The highest BCUT2D eigenvalue weighted by atomic mass is 16.2. The van der Waals surface area contributed by atoms with E-state index in [1.807, 2.05) is 9.80 Å². The third kappa shape index (κ3) is 2.65. The lowest BCUT2D eigenvalue weighted by atomic mass is 10.4. The minimum Gasteiger partial charge on any atom is -0.322 e. The summed E-state index contributed by atoms with van der Waals surface area (Å²) in [6, 6.07) is 0.222. The molecule has 16 heavy (non-hydrogen) atoms. The first-order valence-corrected chi connectivity index (χ1v) is 6.28. The molecule has 2 aliphatic heterocycles. The average Bonchev–Trinajstić information content (AvgIpc) is 2.60. The first-order chi connectivity index (χ1) is 7.81. The molecule has 5 nitrogen and oxygen atoms in total. The van der Waals surface area contributed by atoms with Crippen LogP contribution >= 0.6 is 0 Å². The number of carbonyl (C=O) groups is 1. The van der Waals surface area contributed by atoms with Gasteiger partial charge in [-0.1, -0.05) is 6.92 Å². The molecule has 94 valence electrons. The van der Waals surface area contributed by atoms with Gasteiger partial charge in [-0.3, -0.25) is 0 Å². The number of carbonyl (C=O) groups excluding carboxylic acids is 1. The van der Waals surface area contributed by atoms with Crippen LogP contribution in [0.15, 0.2) is 0 Å². The summed E-state index contributed by atoms with van der Waals surface area (Å²) in [7, 11) is 0. The number of hydrogen-bond acceptors (Lipinski definition) is 3. The minimum atomic E-state index is 0. The smallest absolute Gasteiger partial charge is 0.320 e. The minimum absolute atomic E-state index is 0. The number of fused-ring (bicyclic) bond motifs is 2. The van der Waals surface area contributed by atoms with Gasteiger partial charge in [-0.15, -0.1) is 0 Å². The SMILES string of the molecule is CCN1CCNCCN2CCN(CC1)C2=O.[HH]. The molecule has 0 aromatic rings. The first-order valence-electron chi connectivity index (χ1n) is 6.28. The van der Waals surface area contributed by atoms with Crippen LogP contribution < -0.4 is 5.32 Å². The summed E-state index contributed by atoms with van der Waals surface area (Å²) in [4.78, 5) is 18.3. The molecule has 2 bridgehead atoms. The molecule has 0 spiro atoms. The predicted molar refractivity (Wildman–Crippen MR) is 65.6 cm³/mol. The summed E-state index contributed by atoms with van der Waals surface area (Å²) in [5, 5.41) is 3.40. The van der Waals surface area contributed by atoms with Gasteiger partial charge in [0.2, 0.25) is 0 Å². The quantitative estimate of drug-likeness (QED) is 0.681. The topological polar surface area (TPSA) is 38.8 Å². The van der Waals surface area contributed by atoms with E-state index < -0.39 is 0 Å². The highest BCUT2D eigenvalue weighted by molar-refractivity contribution is 5.76. The number of rotatable bonds is 1. The van der Waals surface area contributed by atoms with Gasteiger partial charge in [-0.2, -0.15) is 0 Å². The van der Waals surface area contributed by atoms with E-state index in [0.717, 1.165) is 58.9 Å². The van der Waals surface area contributed by atoms with Crippen molar-refractivity contribution in [2.45, 2.75) is 6.92 Å². The summed E-state index contributed by atoms with van der Waals surface area (Å²) in [5.41, 5.74) is 0. The molecular weight excluding hydrogens is 204 g/mol. The molecule has 2 saturated heterocycles. The van der Waals surface area contributed by atoms with E-state index in [1.165, 1.54) is 0 Å². The Kier molecular flexibility index (Phi) is 4.01. The van der Waals surface area contributed by atoms with Crippen LogP contribution in [0, 0.1) is 0 Å². The second kappa shape index (κ2) is 5.50. The van der Waals surface area contributed by atoms with E-state index in [-0.39, 0.29) is 7.46 Å². The second-order valence-corrected chi connectivity index (χ2v) is 4.44. The molecule has 0 aromatic heterocycles. The number of nitrogens with one attached hydrogen (secondary N) is 1. The standard InChI is InChI=1S/C11H22N4O.H2/c1-2-13-5-3-12-4-6-14-9-10-15(8-7-13)11(14)16;/h12H,2-10H2,1H3;1H. The third-order valence-corrected chi connectivity index (χ3v) is 3.48. The Bertz CT molecular complexity index is 252. The van der Waals surface area contributed by atoms with Crippen molar-refractivity contribution in [2.75, 3.05) is 58.9 Å². The van der Waals surface area contributed by atoms with E-state index in [0.29, 0.717) is 0 Å². The van der Waals surface area contributed by atoms with Gasteiger partial charge in [-0.25, -0.2) is 4.79 Å². The zero-order valence-electron chi connectivity index (χ0n) is 10.1. The highest BCUT2D eigenvalue weighted by Gasteiger charge is 2.27. The van der Waals surface area contributed by atoms with Crippen molar-refractivity contribution >= 4 is 6.03 Å². The van der Waals surface area contributed by atoms with Gasteiger partial charge in [0.25, 0.3) is 0 Å². The van der Waals surface area contributed by atoms with Crippen molar-refractivity contribution in [3.63, 3.8) is 0 Å². The fourth-order valence-corrected chi connectivity index (χ4v) is 2.31. The molecule has 2 amide bonds. The fraction of sp³-hybridized carbons (Fsp3) is 0.909. The van der Waals surface area contributed by atoms with Crippen LogP contribution in [-0.2, 0) is 0 Å². The van der Waals surface area contributed by atoms with E-state index in [4.69, 9.17) is 0 Å². The van der Waals surface area contributed by atoms with Crippen LogP contribution in [0.3, 0.4) is 0 Å². The van der Waals surface area contributed by atoms with Crippen molar-refractivity contribution in [2.24, 2.45) is 0 Å². The van der Waals surface area contributed by atoms with Crippen LogP contribution in [0.25, 0.3) is 0 Å². The number of hydrogen-bond donors (Lipinski definition) is 1. The molecule has 2 aliphatic rings. The number of likely N-dealkylation sites (N-methyl/N-ethyl adjacent to an activating group) is 1. The molecular formula is C11H24N4O. The molecule has 0 aliphatic carbocycles. The van der Waals surface area contributed by atoms with E-state index in [2.05, 4.69) is 17.1 Å². The van der Waals surface area contributed by atoms with Gasteiger partial charge in [-0.05, 0) is 6.54 Å². The molecule has 0 atom stereocenters. The van der Waals surface area contributed by atoms with Crippen LogP contribution in [-0.4, -0.2) is 79.6 Å². The van der Waals surface area contributed by atoms with Crippen LogP contribution in [0.2, 0.25) is 0 Å². The molecule has 2 heterocycles. The lowest BCUT2D eigenvalue weighted by Gasteiger charge is -2.23. The molecule has 0 aromatic carbocycles. The second-order valence-electron chi connectivity index (χ2n) is 4.44. The van der Waals surface area contributed by atoms with E-state index in [1.54, 1.807) is 0 Å². The monoisotopic (exact) mass is 228 g/mol. The normalized spacial score (nSPS) is 24.7. The summed E-state index contributed by atoms with van der Waals surface area (Å²) in [6.45, 7) is 10.8. The van der Waals surface area contributed by atoms with Crippen LogP contribution in [0.1, 0.15) is 8.35 Å². The number of amides is 2. The molecule has 2 fully saturated rings. The maximum Gasteiger partial charge on any atom is 0.320 e. The van der Waals surface area contributed by atoms with Crippen molar-refractivity contribution in [1.29, 1.82) is 0 Å². The van der Waals surface area contributed by atoms with Crippen molar-refractivity contribution in [3.05, 3.63) is 0 Å². The van der Waals surface area contributed by atoms with Crippen molar-refractivity contribution in [1.82, 2.24) is 20.0 Å². The molecule has 1 N–H and O–H groups in total. The molecule has 0 unspecified atom stereocenters. The van der Waals surface area contributed by atoms with Crippen molar-refractivity contribution in [3.8, 4) is 0 Å². The lowest BCUT2D eigenvalue weighted by Crippen LogP contribution is -2.38. The molecule has 0 radical (unpaired) electrons. The third-order valence-electron chi connectivity index (χ3n) is 3.48. The number of nitrogens with zero attached hydrogens (tertiary/aromatic N) is 3. The predicted octanol–water partition coefficient (Wildman–Crippen LogP) is -0.105. The Morgan fingerprint density at radius 2 is 1.69 bits per heavy atom. The van der Waals surface area contributed by atoms with Gasteiger partial charge in [0.15, 0.2) is 0 Å². The number of urea groups is 1. The van der Waals surface area contributed by atoms with Gasteiger partial charge in [0.1, 0.15) is 0 Å². The Morgan fingerprint density at radius 1 is 1.06 bits per heavy atom. The van der Waals surface area contributed by atoms with Crippen LogP contribution in [0.5, 0.6) is 0 Å². The Hall–Kier alpha value is -0.810. The fourth-order valence-electron chi connectivity index (χ4n) is 2.31. The Labute approximate surface area is 98.9 Å². The summed E-state index contributed by atoms with van der Waals surface area (Å²) >= 11 is 0. The van der Waals surface area contributed by atoms with Gasteiger partial charge in [0, 0.05) is 53.8 Å². The zero-order chi connectivity index (χ0) is 11.4. The molecule has 2 rings (SSSR count). The van der Waals surface area contributed by atoms with Crippen LogP contribution in [0.4, 0.5) is 4.79 Å². The van der Waals surface area contributed by atoms with Gasteiger partial charge >= 0.3 is 6.03 Å². The Balaban J connectivity index is 0.00000144. The average molecular weight is 228 g/mol. The highest BCUT2D eigenvalue weighted by Crippen LogP contribution is 2.08. The largest absolute Gasteiger partial charge is 0.322 e. The lowest BCUT2D eigenvalue weighted by molar-refractivity contribution is 0.186. The van der Waals surface area contributed by atoms with Crippen molar-refractivity contribution < 1.29 is 6.22 Å². The first kappa shape index (κ1) is 11.7. The zero-order valence-corrected chi connectivity index (χ0v) is 10.1. The van der Waals surface area contributed by atoms with E-state index >= 15 is 0 Å². The van der Waals surface area contributed by atoms with Gasteiger partial charge < -0.3 is 20.0 Å². The van der Waals surface area contributed by atoms with E-state index in [9.17, 15) is 4.79 Å².